The highest BCUT2D eigenvalue weighted by Crippen LogP contribution is 2.13. The average molecular weight is 322 g/mol. The maximum atomic E-state index is 11.6. The number of nitrogens with one attached hydrogen (secondary N) is 2. The number of nitrogens with zero attached hydrogens (tertiary/aromatic N) is 1. The Balaban J connectivity index is 1.80. The third-order valence-electron chi connectivity index (χ3n) is 2.60. The molecule has 0 atom stereocenters. The van der Waals surface area contributed by atoms with Gasteiger partial charge >= 0.3 is 0 Å². The molecule has 0 saturated heterocycles. The summed E-state index contributed by atoms with van der Waals surface area (Å²) in [6.07, 6.45) is 1.50. The van der Waals surface area contributed by atoms with Crippen molar-refractivity contribution in [3.8, 4) is 0 Å². The zero-order chi connectivity index (χ0) is 15.1. The van der Waals surface area contributed by atoms with E-state index in [4.69, 9.17) is 23.2 Å². The van der Waals surface area contributed by atoms with E-state index < -0.39 is 0 Å². The van der Waals surface area contributed by atoms with Gasteiger partial charge in [0.05, 0.1) is 12.8 Å². The van der Waals surface area contributed by atoms with Gasteiger partial charge in [0.1, 0.15) is 0 Å². The molecular weight excluding hydrogens is 309 g/mol. The predicted octanol–water partition coefficient (Wildman–Crippen LogP) is 3.56. The van der Waals surface area contributed by atoms with Crippen LogP contribution >= 0.6 is 23.2 Å². The highest BCUT2D eigenvalue weighted by molar-refractivity contribution is 6.33. The highest BCUT2D eigenvalue weighted by atomic mass is 35.5. The molecule has 0 spiro atoms. The fourth-order valence-electron chi connectivity index (χ4n) is 1.54. The van der Waals surface area contributed by atoms with E-state index in [-0.39, 0.29) is 12.5 Å². The van der Waals surface area contributed by atoms with Crippen molar-refractivity contribution in [2.75, 3.05) is 11.9 Å². The molecule has 0 radical (unpaired) electrons. The normalized spacial score (nSPS) is 10.6. The Bertz CT molecular complexity index is 642. The van der Waals surface area contributed by atoms with Crippen LogP contribution in [0.25, 0.3) is 0 Å². The number of hydrogen-bond donors (Lipinski definition) is 2. The first-order chi connectivity index (χ1) is 10.1. The monoisotopic (exact) mass is 321 g/mol. The quantitative estimate of drug-likeness (QED) is 0.653. The predicted molar refractivity (Wildman–Crippen MR) is 87.1 cm³/mol. The maximum Gasteiger partial charge on any atom is 0.259 e. The second-order valence-corrected chi connectivity index (χ2v) is 5.02. The molecule has 0 fully saturated rings. The molecule has 0 aliphatic rings. The van der Waals surface area contributed by atoms with Crippen molar-refractivity contribution in [1.29, 1.82) is 0 Å². The van der Waals surface area contributed by atoms with E-state index in [1.165, 1.54) is 6.21 Å². The zero-order valence-electron chi connectivity index (χ0n) is 11.0. The van der Waals surface area contributed by atoms with Crippen LogP contribution in [0.2, 0.25) is 10.0 Å². The van der Waals surface area contributed by atoms with E-state index in [0.29, 0.717) is 10.0 Å². The largest absolute Gasteiger partial charge is 0.376 e. The van der Waals surface area contributed by atoms with E-state index in [1.54, 1.807) is 30.3 Å². The van der Waals surface area contributed by atoms with E-state index in [2.05, 4.69) is 15.8 Å². The summed E-state index contributed by atoms with van der Waals surface area (Å²) in [6, 6.07) is 14.3. The lowest BCUT2D eigenvalue weighted by Gasteiger charge is -2.05. The van der Waals surface area contributed by atoms with Gasteiger partial charge in [-0.2, -0.15) is 5.10 Å². The summed E-state index contributed by atoms with van der Waals surface area (Å²) in [6.45, 7) is 0.113. The molecule has 0 saturated carbocycles. The number of hydrogen-bond acceptors (Lipinski definition) is 3. The molecule has 2 N–H and O–H groups in total. The van der Waals surface area contributed by atoms with E-state index in [0.717, 1.165) is 11.3 Å². The third kappa shape index (κ3) is 5.10. The summed E-state index contributed by atoms with van der Waals surface area (Å²) in [4.78, 5) is 11.6. The lowest BCUT2D eigenvalue weighted by molar-refractivity contribution is -0.119. The minimum Gasteiger partial charge on any atom is -0.376 e. The molecule has 0 aliphatic carbocycles. The molecule has 2 aromatic carbocycles. The van der Waals surface area contributed by atoms with Crippen LogP contribution in [-0.4, -0.2) is 18.7 Å². The Labute approximate surface area is 132 Å². The molecule has 4 nitrogen and oxygen atoms in total. The van der Waals surface area contributed by atoms with Gasteiger partial charge in [0, 0.05) is 21.3 Å². The molecule has 0 unspecified atom stereocenters. The third-order valence-corrected chi connectivity index (χ3v) is 3.19. The van der Waals surface area contributed by atoms with Gasteiger partial charge in [0.2, 0.25) is 0 Å². The molecule has 2 rings (SSSR count). The van der Waals surface area contributed by atoms with Gasteiger partial charge < -0.3 is 5.32 Å². The molecule has 6 heteroatoms. The minimum atomic E-state index is -0.256. The Morgan fingerprint density at radius 2 is 1.81 bits per heavy atom. The van der Waals surface area contributed by atoms with Gasteiger partial charge in [-0.05, 0) is 30.3 Å². The molecule has 0 bridgehead atoms. The zero-order valence-corrected chi connectivity index (χ0v) is 12.5. The van der Waals surface area contributed by atoms with E-state index in [1.807, 2.05) is 18.2 Å². The summed E-state index contributed by atoms with van der Waals surface area (Å²) >= 11 is 11.7. The molecule has 1 amide bonds. The van der Waals surface area contributed by atoms with E-state index >= 15 is 0 Å². The lowest BCUT2D eigenvalue weighted by Crippen LogP contribution is -2.25. The van der Waals surface area contributed by atoms with Crippen molar-refractivity contribution in [1.82, 2.24) is 5.43 Å². The molecule has 2 aromatic rings. The maximum absolute atomic E-state index is 11.6. The van der Waals surface area contributed by atoms with Gasteiger partial charge in [0.15, 0.2) is 0 Å². The smallest absolute Gasteiger partial charge is 0.259 e. The number of anilines is 1. The first-order valence-corrected chi connectivity index (χ1v) is 6.96. The topological polar surface area (TPSA) is 53.5 Å². The SMILES string of the molecule is O=C(CNc1ccc(Cl)cc1)N/N=C\c1ccccc1Cl. The fraction of sp³-hybridized carbons (Fsp3) is 0.0667. The van der Waals surface area contributed by atoms with Crippen molar-refractivity contribution >= 4 is 41.0 Å². The summed E-state index contributed by atoms with van der Waals surface area (Å²) < 4.78 is 0. The van der Waals surface area contributed by atoms with Crippen LogP contribution in [-0.2, 0) is 4.79 Å². The standard InChI is InChI=1S/C15H13Cl2N3O/c16-12-5-7-13(8-6-12)18-10-15(21)20-19-9-11-3-1-2-4-14(11)17/h1-9,18H,10H2,(H,20,21)/b19-9-. The number of halogens is 2. The summed E-state index contributed by atoms with van der Waals surface area (Å²) in [5.41, 5.74) is 3.97. The van der Waals surface area contributed by atoms with Crippen molar-refractivity contribution < 1.29 is 4.79 Å². The summed E-state index contributed by atoms with van der Waals surface area (Å²) in [5, 5.41) is 8.05. The summed E-state index contributed by atoms with van der Waals surface area (Å²) in [7, 11) is 0. The molecule has 108 valence electrons. The Hall–Kier alpha value is -2.04. The van der Waals surface area contributed by atoms with Crippen molar-refractivity contribution in [3.05, 3.63) is 64.1 Å². The number of amides is 1. The average Bonchev–Trinajstić information content (AvgIpc) is 2.49. The number of hydrazone groups is 1. The van der Waals surface area contributed by atoms with Crippen LogP contribution in [0.4, 0.5) is 5.69 Å². The van der Waals surface area contributed by atoms with Crippen molar-refractivity contribution in [3.63, 3.8) is 0 Å². The number of benzene rings is 2. The van der Waals surface area contributed by atoms with Crippen molar-refractivity contribution in [2.45, 2.75) is 0 Å². The van der Waals surface area contributed by atoms with Crippen LogP contribution in [0.1, 0.15) is 5.56 Å². The van der Waals surface area contributed by atoms with Crippen LogP contribution in [0.15, 0.2) is 53.6 Å². The second kappa shape index (κ2) is 7.67. The number of carbonyl (C=O) groups is 1. The Kier molecular flexibility index (Phi) is 5.60. The lowest BCUT2D eigenvalue weighted by atomic mass is 10.2. The first-order valence-electron chi connectivity index (χ1n) is 6.21. The summed E-state index contributed by atoms with van der Waals surface area (Å²) in [5.74, 6) is -0.256. The van der Waals surface area contributed by atoms with Gasteiger partial charge in [0.25, 0.3) is 5.91 Å². The number of rotatable bonds is 5. The Morgan fingerprint density at radius 3 is 2.52 bits per heavy atom. The molecule has 0 aliphatic heterocycles. The van der Waals surface area contributed by atoms with Gasteiger partial charge in [-0.25, -0.2) is 5.43 Å². The second-order valence-electron chi connectivity index (χ2n) is 4.18. The highest BCUT2D eigenvalue weighted by Gasteiger charge is 2.00. The molecular formula is C15H13Cl2N3O. The Morgan fingerprint density at radius 1 is 1.10 bits per heavy atom. The van der Waals surface area contributed by atoms with Gasteiger partial charge in [-0.15, -0.1) is 0 Å². The molecule has 0 aromatic heterocycles. The first kappa shape index (κ1) is 15.4. The van der Waals surface area contributed by atoms with Crippen LogP contribution in [0.3, 0.4) is 0 Å². The fourth-order valence-corrected chi connectivity index (χ4v) is 1.85. The van der Waals surface area contributed by atoms with Gasteiger partial charge in [-0.3, -0.25) is 4.79 Å². The number of carbonyl (C=O) groups excluding carboxylic acids is 1. The molecule has 21 heavy (non-hydrogen) atoms. The van der Waals surface area contributed by atoms with Crippen LogP contribution in [0.5, 0.6) is 0 Å². The molecule has 0 heterocycles. The van der Waals surface area contributed by atoms with Crippen LogP contribution in [0, 0.1) is 0 Å². The van der Waals surface area contributed by atoms with Crippen molar-refractivity contribution in [2.24, 2.45) is 5.10 Å². The van der Waals surface area contributed by atoms with Gasteiger partial charge in [-0.1, -0.05) is 41.4 Å². The van der Waals surface area contributed by atoms with E-state index in [9.17, 15) is 4.79 Å². The minimum absolute atomic E-state index is 0.113. The van der Waals surface area contributed by atoms with Crippen LogP contribution < -0.4 is 10.7 Å².